The van der Waals surface area contributed by atoms with Gasteiger partial charge in [0.2, 0.25) is 0 Å². The second kappa shape index (κ2) is 8.15. The monoisotopic (exact) mass is 254 g/mol. The van der Waals surface area contributed by atoms with E-state index in [0.717, 1.165) is 0 Å². The van der Waals surface area contributed by atoms with Crippen molar-refractivity contribution >= 4 is 5.57 Å². The van der Waals surface area contributed by atoms with Crippen LogP contribution in [0, 0.1) is 5.92 Å². The Morgan fingerprint density at radius 3 is 1.88 bits per heavy atom. The van der Waals surface area contributed by atoms with E-state index >= 15 is 0 Å². The zero-order valence-corrected chi connectivity index (χ0v) is 10.9. The zero-order valence-electron chi connectivity index (χ0n) is 9.83. The fourth-order valence-electron chi connectivity index (χ4n) is 1.24. The molecule has 0 nitrogen and oxygen atoms in total. The Hall–Kier alpha value is -1.04. The Labute approximate surface area is 109 Å². The van der Waals surface area contributed by atoms with Crippen LogP contribution in [0.5, 0.6) is 0 Å². The minimum atomic E-state index is 0. The minimum Gasteiger partial charge on any atom is -0.214 e. The first-order valence-electron chi connectivity index (χ1n) is 5.29. The van der Waals surface area contributed by atoms with Crippen molar-refractivity contribution in [3.63, 3.8) is 0 Å². The first-order valence-corrected chi connectivity index (χ1v) is 5.29. The number of hydrogen-bond acceptors (Lipinski definition) is 0. The summed E-state index contributed by atoms with van der Waals surface area (Å²) >= 11 is 0. The van der Waals surface area contributed by atoms with Gasteiger partial charge in [-0.15, -0.1) is 23.3 Å². The van der Waals surface area contributed by atoms with Gasteiger partial charge in [0.1, 0.15) is 0 Å². The molecule has 86 valence electrons. The Balaban J connectivity index is 0.000000318. The molecule has 0 unspecified atom stereocenters. The van der Waals surface area contributed by atoms with Crippen LogP contribution in [-0.4, -0.2) is 0 Å². The van der Waals surface area contributed by atoms with Crippen LogP contribution in [-0.2, 0) is 17.1 Å². The Morgan fingerprint density at radius 2 is 1.56 bits per heavy atom. The van der Waals surface area contributed by atoms with Crippen LogP contribution in [0.4, 0.5) is 0 Å². The summed E-state index contributed by atoms with van der Waals surface area (Å²) in [6.07, 6.45) is 0. The molecule has 0 aliphatic heterocycles. The topological polar surface area (TPSA) is 0 Å². The molecule has 0 aromatic heterocycles. The van der Waals surface area contributed by atoms with E-state index in [-0.39, 0.29) is 17.1 Å². The summed E-state index contributed by atoms with van der Waals surface area (Å²) < 4.78 is 0. The molecule has 0 saturated carbocycles. The first-order chi connectivity index (χ1) is 7.22. The van der Waals surface area contributed by atoms with Gasteiger partial charge in [-0.05, 0) is 5.92 Å². The molecule has 16 heavy (non-hydrogen) atoms. The smallest absolute Gasteiger partial charge is 0.214 e. The van der Waals surface area contributed by atoms with Gasteiger partial charge < -0.3 is 0 Å². The summed E-state index contributed by atoms with van der Waals surface area (Å²) in [4.78, 5) is 0. The molecule has 0 fully saturated rings. The van der Waals surface area contributed by atoms with E-state index in [9.17, 15) is 0 Å². The minimum absolute atomic E-state index is 0. The molecule has 0 atom stereocenters. The quantitative estimate of drug-likeness (QED) is 0.547. The third kappa shape index (κ3) is 5.16. The van der Waals surface area contributed by atoms with Gasteiger partial charge in [0.05, 0.1) is 0 Å². The predicted molar refractivity (Wildman–Crippen MR) is 67.9 cm³/mol. The standard InChI is InChI=1S/C10H13.C5H5.Fe/c1-8(2)9(3)10-6-4-5-7-10;1-2-4-5-3-1;/h4-8H,3H2,1-2H3;1-5H;/q2*-1;+2. The van der Waals surface area contributed by atoms with Gasteiger partial charge in [-0.2, -0.15) is 36.9 Å². The number of rotatable bonds is 2. The van der Waals surface area contributed by atoms with Crippen molar-refractivity contribution in [1.29, 1.82) is 0 Å². The van der Waals surface area contributed by atoms with Gasteiger partial charge in [0, 0.05) is 0 Å². The molecule has 0 spiro atoms. The molecule has 0 bridgehead atoms. The van der Waals surface area contributed by atoms with E-state index in [1.54, 1.807) is 0 Å². The number of allylic oxidation sites excluding steroid dienone is 1. The largest absolute Gasteiger partial charge is 2.00 e. The maximum Gasteiger partial charge on any atom is 2.00 e. The normalized spacial score (nSPS) is 8.94. The van der Waals surface area contributed by atoms with Gasteiger partial charge in [0.25, 0.3) is 0 Å². The van der Waals surface area contributed by atoms with Gasteiger partial charge >= 0.3 is 17.1 Å². The molecule has 0 radical (unpaired) electrons. The average molecular weight is 254 g/mol. The summed E-state index contributed by atoms with van der Waals surface area (Å²) in [6.45, 7) is 8.32. The van der Waals surface area contributed by atoms with Crippen LogP contribution < -0.4 is 0 Å². The van der Waals surface area contributed by atoms with Crippen LogP contribution in [0.1, 0.15) is 19.4 Å². The van der Waals surface area contributed by atoms with Crippen molar-refractivity contribution in [3.05, 3.63) is 66.7 Å². The van der Waals surface area contributed by atoms with Crippen molar-refractivity contribution < 1.29 is 17.1 Å². The van der Waals surface area contributed by atoms with Crippen molar-refractivity contribution in [2.45, 2.75) is 13.8 Å². The van der Waals surface area contributed by atoms with Crippen LogP contribution in [0.25, 0.3) is 5.57 Å². The second-order valence-electron chi connectivity index (χ2n) is 3.82. The molecule has 2 aromatic carbocycles. The zero-order chi connectivity index (χ0) is 11.1. The van der Waals surface area contributed by atoms with E-state index in [2.05, 4.69) is 32.6 Å². The molecular formula is C15H18Fe. The molecule has 0 heterocycles. The van der Waals surface area contributed by atoms with E-state index in [1.807, 2.05) is 42.5 Å². The second-order valence-corrected chi connectivity index (χ2v) is 3.82. The van der Waals surface area contributed by atoms with E-state index < -0.39 is 0 Å². The third-order valence-corrected chi connectivity index (χ3v) is 2.29. The summed E-state index contributed by atoms with van der Waals surface area (Å²) in [6, 6.07) is 18.3. The maximum absolute atomic E-state index is 4.00. The van der Waals surface area contributed by atoms with Crippen LogP contribution >= 0.6 is 0 Å². The van der Waals surface area contributed by atoms with Crippen molar-refractivity contribution in [3.8, 4) is 0 Å². The van der Waals surface area contributed by atoms with Gasteiger partial charge in [-0.1, -0.05) is 13.8 Å². The van der Waals surface area contributed by atoms with Crippen molar-refractivity contribution in [2.24, 2.45) is 5.92 Å². The van der Waals surface area contributed by atoms with E-state index in [1.165, 1.54) is 11.1 Å². The Kier molecular flexibility index (Phi) is 7.62. The molecule has 2 aromatic rings. The van der Waals surface area contributed by atoms with E-state index in [4.69, 9.17) is 0 Å². The summed E-state index contributed by atoms with van der Waals surface area (Å²) in [5, 5.41) is 0. The van der Waals surface area contributed by atoms with Crippen LogP contribution in [0.15, 0.2) is 61.2 Å². The summed E-state index contributed by atoms with van der Waals surface area (Å²) in [5.74, 6) is 0.558. The number of hydrogen-bond donors (Lipinski definition) is 0. The maximum atomic E-state index is 4.00. The van der Waals surface area contributed by atoms with Gasteiger partial charge in [-0.3, -0.25) is 0 Å². The Morgan fingerprint density at radius 1 is 1.06 bits per heavy atom. The average Bonchev–Trinajstić information content (AvgIpc) is 2.92. The fraction of sp³-hybridized carbons (Fsp3) is 0.200. The Bertz CT molecular complexity index is 335. The van der Waals surface area contributed by atoms with Gasteiger partial charge in [-0.25, -0.2) is 12.1 Å². The molecular weight excluding hydrogens is 236 g/mol. The SMILES string of the molecule is C=C([c-]1cccc1)C(C)C.[Fe+2].c1cc[cH-]c1. The molecule has 0 saturated heterocycles. The molecule has 2 rings (SSSR count). The molecule has 0 amide bonds. The summed E-state index contributed by atoms with van der Waals surface area (Å²) in [5.41, 5.74) is 2.50. The fourth-order valence-corrected chi connectivity index (χ4v) is 1.24. The van der Waals surface area contributed by atoms with Crippen LogP contribution in [0.3, 0.4) is 0 Å². The molecule has 0 aliphatic rings. The van der Waals surface area contributed by atoms with Crippen molar-refractivity contribution in [1.82, 2.24) is 0 Å². The van der Waals surface area contributed by atoms with E-state index in [0.29, 0.717) is 5.92 Å². The summed E-state index contributed by atoms with van der Waals surface area (Å²) in [7, 11) is 0. The van der Waals surface area contributed by atoms with Crippen LogP contribution in [0.2, 0.25) is 0 Å². The van der Waals surface area contributed by atoms with Gasteiger partial charge in [0.15, 0.2) is 0 Å². The predicted octanol–water partition coefficient (Wildman–Crippen LogP) is 4.48. The van der Waals surface area contributed by atoms with Crippen molar-refractivity contribution in [2.75, 3.05) is 0 Å². The molecule has 0 N–H and O–H groups in total. The molecule has 1 heteroatoms. The molecule has 0 aliphatic carbocycles. The first kappa shape index (κ1) is 15.0. The third-order valence-electron chi connectivity index (χ3n) is 2.29.